The first-order valence-electron chi connectivity index (χ1n) is 5.84. The fraction of sp³-hybridized carbons (Fsp3) is 0.727. The van der Waals surface area contributed by atoms with Gasteiger partial charge in [-0.25, -0.2) is 18.1 Å². The van der Waals surface area contributed by atoms with Crippen LogP contribution in [0.2, 0.25) is 0 Å². The zero-order chi connectivity index (χ0) is 13.8. The van der Waals surface area contributed by atoms with E-state index in [0.717, 1.165) is 18.2 Å². The SMILES string of the molecule is Cc1ncc(S(=O)(=O)NCC(C)(C)CCCBr)[nH]1. The minimum absolute atomic E-state index is 0.0596. The Labute approximate surface area is 117 Å². The highest BCUT2D eigenvalue weighted by molar-refractivity contribution is 9.09. The van der Waals surface area contributed by atoms with Gasteiger partial charge in [0, 0.05) is 11.9 Å². The molecule has 1 rings (SSSR count). The Bertz CT molecular complexity index is 482. The van der Waals surface area contributed by atoms with E-state index >= 15 is 0 Å². The van der Waals surface area contributed by atoms with Gasteiger partial charge in [-0.3, -0.25) is 0 Å². The summed E-state index contributed by atoms with van der Waals surface area (Å²) in [6, 6.07) is 0. The van der Waals surface area contributed by atoms with Gasteiger partial charge in [0.2, 0.25) is 0 Å². The van der Waals surface area contributed by atoms with Gasteiger partial charge in [0.25, 0.3) is 10.0 Å². The van der Waals surface area contributed by atoms with Crippen molar-refractivity contribution in [1.82, 2.24) is 14.7 Å². The molecule has 1 heterocycles. The van der Waals surface area contributed by atoms with Crippen molar-refractivity contribution in [2.24, 2.45) is 5.41 Å². The van der Waals surface area contributed by atoms with E-state index in [2.05, 4.69) is 44.5 Å². The summed E-state index contributed by atoms with van der Waals surface area (Å²) >= 11 is 3.38. The summed E-state index contributed by atoms with van der Waals surface area (Å²) in [6.45, 7) is 6.24. The van der Waals surface area contributed by atoms with Crippen LogP contribution in [0.4, 0.5) is 0 Å². The number of sulfonamides is 1. The number of aryl methyl sites for hydroxylation is 1. The zero-order valence-electron chi connectivity index (χ0n) is 11.0. The molecule has 0 aliphatic carbocycles. The summed E-state index contributed by atoms with van der Waals surface area (Å²) in [5, 5.41) is 1.06. The number of imidazole rings is 1. The van der Waals surface area contributed by atoms with Crippen LogP contribution in [-0.2, 0) is 10.0 Å². The number of hydrogen-bond donors (Lipinski definition) is 2. The van der Waals surface area contributed by atoms with Crippen LogP contribution < -0.4 is 4.72 Å². The van der Waals surface area contributed by atoms with Gasteiger partial charge >= 0.3 is 0 Å². The lowest BCUT2D eigenvalue weighted by Gasteiger charge is -2.24. The fourth-order valence-corrected chi connectivity index (χ4v) is 3.03. The Morgan fingerprint density at radius 1 is 1.50 bits per heavy atom. The van der Waals surface area contributed by atoms with E-state index in [4.69, 9.17) is 0 Å². The molecule has 0 unspecified atom stereocenters. The lowest BCUT2D eigenvalue weighted by atomic mass is 9.88. The summed E-state index contributed by atoms with van der Waals surface area (Å²) in [7, 11) is -3.48. The van der Waals surface area contributed by atoms with Crippen LogP contribution in [0.15, 0.2) is 11.2 Å². The van der Waals surface area contributed by atoms with Crippen LogP contribution in [0.1, 0.15) is 32.5 Å². The van der Waals surface area contributed by atoms with Crippen molar-refractivity contribution in [1.29, 1.82) is 0 Å². The zero-order valence-corrected chi connectivity index (χ0v) is 13.4. The minimum atomic E-state index is -3.48. The van der Waals surface area contributed by atoms with Gasteiger partial charge in [0.15, 0.2) is 5.03 Å². The molecular weight excluding hydrogens is 318 g/mol. The molecule has 0 aliphatic heterocycles. The van der Waals surface area contributed by atoms with Crippen molar-refractivity contribution in [3.8, 4) is 0 Å². The van der Waals surface area contributed by atoms with E-state index < -0.39 is 10.0 Å². The van der Waals surface area contributed by atoms with Crippen LogP contribution in [0.3, 0.4) is 0 Å². The molecule has 7 heteroatoms. The molecule has 0 saturated carbocycles. The van der Waals surface area contributed by atoms with Crippen molar-refractivity contribution >= 4 is 26.0 Å². The maximum atomic E-state index is 12.0. The third-order valence-electron chi connectivity index (χ3n) is 2.70. The molecule has 0 amide bonds. The van der Waals surface area contributed by atoms with Crippen LogP contribution in [0.25, 0.3) is 0 Å². The first-order valence-corrected chi connectivity index (χ1v) is 8.44. The molecule has 5 nitrogen and oxygen atoms in total. The summed E-state index contributed by atoms with van der Waals surface area (Å²) < 4.78 is 26.6. The van der Waals surface area contributed by atoms with Gasteiger partial charge in [-0.1, -0.05) is 29.8 Å². The number of halogens is 1. The largest absolute Gasteiger partial charge is 0.332 e. The highest BCUT2D eigenvalue weighted by Gasteiger charge is 2.22. The van der Waals surface area contributed by atoms with E-state index in [0.29, 0.717) is 12.4 Å². The molecular formula is C11H20BrN3O2S. The predicted molar refractivity (Wildman–Crippen MR) is 75.3 cm³/mol. The standard InChI is InChI=1S/C11H20BrN3O2S/c1-9-13-7-10(15-9)18(16,17)14-8-11(2,3)5-4-6-12/h7,14H,4-6,8H2,1-3H3,(H,13,15). The topological polar surface area (TPSA) is 74.8 Å². The number of hydrogen-bond acceptors (Lipinski definition) is 3. The van der Waals surface area contributed by atoms with E-state index in [-0.39, 0.29) is 10.4 Å². The average Bonchev–Trinajstić information content (AvgIpc) is 2.72. The molecule has 2 N–H and O–H groups in total. The van der Waals surface area contributed by atoms with Gasteiger partial charge in [0.1, 0.15) is 5.82 Å². The number of nitrogens with zero attached hydrogens (tertiary/aromatic N) is 1. The third kappa shape index (κ3) is 4.70. The van der Waals surface area contributed by atoms with Crippen molar-refractivity contribution < 1.29 is 8.42 Å². The quantitative estimate of drug-likeness (QED) is 0.749. The Hall–Kier alpha value is -0.400. The fourth-order valence-electron chi connectivity index (χ4n) is 1.54. The Morgan fingerprint density at radius 2 is 2.17 bits per heavy atom. The molecule has 18 heavy (non-hydrogen) atoms. The molecule has 1 aromatic rings. The Kier molecular flexibility index (Phi) is 5.36. The smallest absolute Gasteiger partial charge is 0.257 e. The summed E-state index contributed by atoms with van der Waals surface area (Å²) in [4.78, 5) is 6.62. The van der Waals surface area contributed by atoms with E-state index in [9.17, 15) is 8.42 Å². The van der Waals surface area contributed by atoms with Crippen molar-refractivity contribution in [3.05, 3.63) is 12.0 Å². The highest BCUT2D eigenvalue weighted by atomic mass is 79.9. The number of aromatic amines is 1. The maximum absolute atomic E-state index is 12.0. The monoisotopic (exact) mass is 337 g/mol. The summed E-state index contributed by atoms with van der Waals surface area (Å²) in [5.74, 6) is 0.592. The van der Waals surface area contributed by atoms with Gasteiger partial charge in [0.05, 0.1) is 6.20 Å². The number of aromatic nitrogens is 2. The molecule has 0 aliphatic rings. The van der Waals surface area contributed by atoms with Crippen molar-refractivity contribution in [2.45, 2.75) is 38.6 Å². The number of alkyl halides is 1. The van der Waals surface area contributed by atoms with Crippen LogP contribution in [0, 0.1) is 12.3 Å². The summed E-state index contributed by atoms with van der Waals surface area (Å²) in [5.41, 5.74) is -0.0596. The normalized spacial score (nSPS) is 12.9. The molecule has 0 atom stereocenters. The number of nitrogens with one attached hydrogen (secondary N) is 2. The van der Waals surface area contributed by atoms with Crippen LogP contribution >= 0.6 is 15.9 Å². The first kappa shape index (κ1) is 15.7. The molecule has 1 aromatic heterocycles. The number of H-pyrrole nitrogens is 1. The molecule has 0 fully saturated rings. The minimum Gasteiger partial charge on any atom is -0.332 e. The van der Waals surface area contributed by atoms with Gasteiger partial charge in [-0.05, 0) is 25.2 Å². The second kappa shape index (κ2) is 6.16. The lowest BCUT2D eigenvalue weighted by molar-refractivity contribution is 0.332. The summed E-state index contributed by atoms with van der Waals surface area (Å²) in [6.07, 6.45) is 3.32. The molecule has 0 aromatic carbocycles. The van der Waals surface area contributed by atoms with Gasteiger partial charge < -0.3 is 4.98 Å². The Balaban J connectivity index is 2.62. The molecule has 0 spiro atoms. The Morgan fingerprint density at radius 3 is 2.67 bits per heavy atom. The molecule has 0 saturated heterocycles. The molecule has 104 valence electrons. The van der Waals surface area contributed by atoms with Crippen molar-refractivity contribution in [3.63, 3.8) is 0 Å². The third-order valence-corrected chi connectivity index (χ3v) is 4.57. The first-order chi connectivity index (χ1) is 8.27. The van der Waals surface area contributed by atoms with Crippen molar-refractivity contribution in [2.75, 3.05) is 11.9 Å². The second-order valence-electron chi connectivity index (χ2n) is 5.11. The van der Waals surface area contributed by atoms with E-state index in [1.54, 1.807) is 6.92 Å². The highest BCUT2D eigenvalue weighted by Crippen LogP contribution is 2.22. The predicted octanol–water partition coefficient (Wildman–Crippen LogP) is 2.20. The maximum Gasteiger partial charge on any atom is 0.257 e. The van der Waals surface area contributed by atoms with Gasteiger partial charge in [-0.15, -0.1) is 0 Å². The van der Waals surface area contributed by atoms with Gasteiger partial charge in [-0.2, -0.15) is 0 Å². The average molecular weight is 338 g/mol. The number of rotatable bonds is 7. The second-order valence-corrected chi connectivity index (χ2v) is 7.64. The lowest BCUT2D eigenvalue weighted by Crippen LogP contribution is -2.34. The van der Waals surface area contributed by atoms with Crippen LogP contribution in [0.5, 0.6) is 0 Å². The van der Waals surface area contributed by atoms with E-state index in [1.165, 1.54) is 6.20 Å². The molecule has 0 bridgehead atoms. The molecule has 0 radical (unpaired) electrons. The van der Waals surface area contributed by atoms with E-state index in [1.807, 2.05) is 0 Å². The van der Waals surface area contributed by atoms with Crippen LogP contribution in [-0.4, -0.2) is 30.3 Å².